The molecule has 0 saturated carbocycles. The van der Waals surface area contributed by atoms with Crippen LogP contribution >= 0.6 is 0 Å². The lowest BCUT2D eigenvalue weighted by Gasteiger charge is -2.14. The zero-order chi connectivity index (χ0) is 25.9. The monoisotopic (exact) mass is 470 g/mol. The van der Waals surface area contributed by atoms with Crippen LogP contribution in [0.25, 0.3) is 0 Å². The third kappa shape index (κ3) is 9.54. The van der Waals surface area contributed by atoms with E-state index in [0.717, 1.165) is 11.6 Å². The normalized spacial score (nSPS) is 11.0. The number of carbonyl (C=O) groups excluding carboxylic acids is 1. The van der Waals surface area contributed by atoms with Crippen molar-refractivity contribution in [3.8, 4) is 0 Å². The first-order valence-electron chi connectivity index (χ1n) is 11.7. The van der Waals surface area contributed by atoms with E-state index in [-0.39, 0.29) is 17.6 Å². The molecule has 0 N–H and O–H groups in total. The van der Waals surface area contributed by atoms with Crippen LogP contribution in [0, 0.1) is 12.8 Å². The summed E-state index contributed by atoms with van der Waals surface area (Å²) < 4.78 is 37.2. The number of aryl methyl sites for hydroxylation is 1. The molecule has 0 aliphatic rings. The number of rotatable bonds is 4. The second-order valence-corrected chi connectivity index (χ2v) is 9.14. The molecule has 34 heavy (non-hydrogen) atoms. The van der Waals surface area contributed by atoms with Crippen LogP contribution < -0.4 is 0 Å². The Balaban J connectivity index is 0.000000257. The molecular formula is C30H37F3O. The highest BCUT2D eigenvalue weighted by molar-refractivity contribution is 5.97. The summed E-state index contributed by atoms with van der Waals surface area (Å²) >= 11 is 0. The highest BCUT2D eigenvalue weighted by atomic mass is 19.4. The molecule has 3 aromatic rings. The van der Waals surface area contributed by atoms with Gasteiger partial charge in [0.2, 0.25) is 0 Å². The quantitative estimate of drug-likeness (QED) is 0.347. The summed E-state index contributed by atoms with van der Waals surface area (Å²) in [6, 6.07) is 23.6. The number of carbonyl (C=O) groups is 1. The van der Waals surface area contributed by atoms with Gasteiger partial charge in [-0.25, -0.2) is 0 Å². The zero-order valence-corrected chi connectivity index (χ0v) is 21.3. The van der Waals surface area contributed by atoms with Crippen molar-refractivity contribution in [2.24, 2.45) is 5.92 Å². The molecule has 0 bridgehead atoms. The van der Waals surface area contributed by atoms with Crippen LogP contribution in [0.1, 0.15) is 86.0 Å². The summed E-state index contributed by atoms with van der Waals surface area (Å²) in [5.74, 6) is 0.863. The van der Waals surface area contributed by atoms with Gasteiger partial charge < -0.3 is 0 Å². The molecule has 184 valence electrons. The van der Waals surface area contributed by atoms with Crippen molar-refractivity contribution in [3.05, 3.63) is 107 Å². The average Bonchev–Trinajstić information content (AvgIpc) is 2.79. The number of benzene rings is 3. The third-order valence-electron chi connectivity index (χ3n) is 5.28. The van der Waals surface area contributed by atoms with Crippen LogP contribution in [0.15, 0.2) is 78.9 Å². The molecule has 3 rings (SSSR count). The van der Waals surface area contributed by atoms with Gasteiger partial charge in [0.05, 0.1) is 5.56 Å². The van der Waals surface area contributed by atoms with E-state index in [4.69, 9.17) is 0 Å². The molecule has 0 aliphatic heterocycles. The molecule has 1 nitrogen and oxygen atoms in total. The Morgan fingerprint density at radius 1 is 0.647 bits per heavy atom. The number of ketones is 1. The smallest absolute Gasteiger partial charge is 0.294 e. The van der Waals surface area contributed by atoms with Gasteiger partial charge in [-0.1, -0.05) is 114 Å². The Labute approximate surface area is 203 Å². The average molecular weight is 471 g/mol. The van der Waals surface area contributed by atoms with Gasteiger partial charge >= 0.3 is 6.18 Å². The summed E-state index contributed by atoms with van der Waals surface area (Å²) in [4.78, 5) is 11.3. The van der Waals surface area contributed by atoms with E-state index in [9.17, 15) is 18.0 Å². The summed E-state index contributed by atoms with van der Waals surface area (Å²) in [7, 11) is 0. The molecule has 4 heteroatoms. The van der Waals surface area contributed by atoms with Crippen molar-refractivity contribution in [1.82, 2.24) is 0 Å². The molecule has 3 aromatic carbocycles. The summed E-state index contributed by atoms with van der Waals surface area (Å²) in [6.45, 7) is 13.9. The second kappa shape index (κ2) is 13.7. The maximum atomic E-state index is 12.4. The van der Waals surface area contributed by atoms with Gasteiger partial charge in [-0.2, -0.15) is 13.2 Å². The van der Waals surface area contributed by atoms with Crippen molar-refractivity contribution in [1.29, 1.82) is 0 Å². The topological polar surface area (TPSA) is 17.1 Å². The van der Waals surface area contributed by atoms with Crippen LogP contribution in [0.2, 0.25) is 0 Å². The minimum Gasteiger partial charge on any atom is -0.294 e. The maximum absolute atomic E-state index is 12.4. The SMILES string of the molecule is CC(C)C(=O)c1ccccc1.CC(C)c1ccccc1C(F)(F)F.Cc1ccccc1C(C)C. The van der Waals surface area contributed by atoms with E-state index in [2.05, 4.69) is 45.0 Å². The first kappa shape index (κ1) is 29.2. The molecule has 0 aliphatic carbocycles. The summed E-state index contributed by atoms with van der Waals surface area (Å²) in [5.41, 5.74) is 3.50. The first-order chi connectivity index (χ1) is 15.9. The summed E-state index contributed by atoms with van der Waals surface area (Å²) in [6.07, 6.45) is -4.24. The Hall–Kier alpha value is -2.88. The number of hydrogen-bond acceptors (Lipinski definition) is 1. The van der Waals surface area contributed by atoms with Crippen molar-refractivity contribution in [3.63, 3.8) is 0 Å². The van der Waals surface area contributed by atoms with Gasteiger partial charge in [0.1, 0.15) is 0 Å². The molecule has 0 saturated heterocycles. The van der Waals surface area contributed by atoms with Gasteiger partial charge in [0.25, 0.3) is 0 Å². The molecule has 0 amide bonds. The van der Waals surface area contributed by atoms with E-state index in [0.29, 0.717) is 11.5 Å². The van der Waals surface area contributed by atoms with Crippen molar-refractivity contribution < 1.29 is 18.0 Å². The largest absolute Gasteiger partial charge is 0.416 e. The fourth-order valence-electron chi connectivity index (χ4n) is 3.43. The van der Waals surface area contributed by atoms with Gasteiger partial charge in [0.15, 0.2) is 5.78 Å². The highest BCUT2D eigenvalue weighted by Gasteiger charge is 2.33. The fourth-order valence-corrected chi connectivity index (χ4v) is 3.43. The number of Topliss-reactive ketones (excluding diaryl/α,β-unsaturated/α-hetero) is 1. The van der Waals surface area contributed by atoms with Crippen LogP contribution in [0.5, 0.6) is 0 Å². The fraction of sp³-hybridized carbons (Fsp3) is 0.367. The lowest BCUT2D eigenvalue weighted by molar-refractivity contribution is -0.138. The van der Waals surface area contributed by atoms with Gasteiger partial charge in [-0.05, 0) is 41.5 Å². The molecule has 0 radical (unpaired) electrons. The van der Waals surface area contributed by atoms with Crippen LogP contribution in [-0.2, 0) is 6.18 Å². The van der Waals surface area contributed by atoms with Gasteiger partial charge in [-0.3, -0.25) is 4.79 Å². The molecule has 0 heterocycles. The highest BCUT2D eigenvalue weighted by Crippen LogP contribution is 2.34. The van der Waals surface area contributed by atoms with E-state index in [1.165, 1.54) is 23.3 Å². The Morgan fingerprint density at radius 3 is 1.47 bits per heavy atom. The van der Waals surface area contributed by atoms with Crippen molar-refractivity contribution in [2.75, 3.05) is 0 Å². The predicted octanol–water partition coefficient (Wildman–Crippen LogP) is 9.47. The third-order valence-corrected chi connectivity index (χ3v) is 5.28. The Morgan fingerprint density at radius 2 is 1.09 bits per heavy atom. The molecule has 0 aromatic heterocycles. The molecule has 0 unspecified atom stereocenters. The Kier molecular flexibility index (Phi) is 11.8. The molecule has 0 fully saturated rings. The van der Waals surface area contributed by atoms with Gasteiger partial charge in [-0.15, -0.1) is 0 Å². The van der Waals surface area contributed by atoms with Crippen molar-refractivity contribution >= 4 is 5.78 Å². The van der Waals surface area contributed by atoms with Gasteiger partial charge in [0, 0.05) is 11.5 Å². The Bertz CT molecular complexity index is 1000. The first-order valence-corrected chi connectivity index (χ1v) is 11.7. The van der Waals surface area contributed by atoms with Crippen LogP contribution in [-0.4, -0.2) is 5.78 Å². The maximum Gasteiger partial charge on any atom is 0.416 e. The number of halogens is 3. The van der Waals surface area contributed by atoms with E-state index >= 15 is 0 Å². The minimum absolute atomic E-state index is 0.0948. The van der Waals surface area contributed by atoms with Crippen LogP contribution in [0.4, 0.5) is 13.2 Å². The molecule has 0 spiro atoms. The number of hydrogen-bond donors (Lipinski definition) is 0. The van der Waals surface area contributed by atoms with E-state index in [1.54, 1.807) is 19.9 Å². The van der Waals surface area contributed by atoms with Crippen LogP contribution in [0.3, 0.4) is 0 Å². The second-order valence-electron chi connectivity index (χ2n) is 9.14. The lowest BCUT2D eigenvalue weighted by Crippen LogP contribution is -2.09. The minimum atomic E-state index is -4.24. The zero-order valence-electron chi connectivity index (χ0n) is 21.3. The summed E-state index contributed by atoms with van der Waals surface area (Å²) in [5, 5.41) is 0. The van der Waals surface area contributed by atoms with E-state index < -0.39 is 11.7 Å². The number of alkyl halides is 3. The molecule has 0 atom stereocenters. The van der Waals surface area contributed by atoms with E-state index in [1.807, 2.05) is 44.2 Å². The standard InChI is InChI=1S/C10H11F3.C10H12O.C10H14/c1-7(2)8-5-3-4-6-9(8)10(11,12)13;1-8(2)10(11)9-6-4-3-5-7-9;1-8(2)10-7-5-4-6-9(10)3/h3-7H,1-2H3;3-8H,1-2H3;4-8H,1-3H3. The predicted molar refractivity (Wildman–Crippen MR) is 136 cm³/mol. The molecular weight excluding hydrogens is 433 g/mol. The lowest BCUT2D eigenvalue weighted by atomic mass is 9.97. The van der Waals surface area contributed by atoms with Crippen molar-refractivity contribution in [2.45, 2.75) is 66.5 Å².